The van der Waals surface area contributed by atoms with Gasteiger partial charge in [0.15, 0.2) is 0 Å². The van der Waals surface area contributed by atoms with E-state index in [2.05, 4.69) is 0 Å². The predicted molar refractivity (Wildman–Crippen MR) is 58.8 cm³/mol. The van der Waals surface area contributed by atoms with E-state index in [9.17, 15) is 14.9 Å². The number of nitrogens with zero attached hydrogens (tertiary/aromatic N) is 1. The minimum absolute atomic E-state index is 0.0529. The molecule has 0 aliphatic heterocycles. The molecule has 1 rings (SSSR count). The van der Waals surface area contributed by atoms with Crippen LogP contribution in [0, 0.1) is 10.1 Å². The third kappa shape index (κ3) is 3.91. The predicted octanol–water partition coefficient (Wildman–Crippen LogP) is 2.17. The van der Waals surface area contributed by atoms with Crippen molar-refractivity contribution >= 4 is 17.7 Å². The van der Waals surface area contributed by atoms with Gasteiger partial charge >= 0.3 is 5.97 Å². The van der Waals surface area contributed by atoms with E-state index in [1.54, 1.807) is 24.3 Å². The lowest BCUT2D eigenvalue weighted by Gasteiger charge is -1.95. The number of rotatable bonds is 4. The molecule has 0 amide bonds. The second-order valence-corrected chi connectivity index (χ2v) is 3.05. The molecule has 0 bridgehead atoms. The monoisotopic (exact) mass is 221 g/mol. The van der Waals surface area contributed by atoms with Gasteiger partial charge in [-0.1, -0.05) is 6.08 Å². The van der Waals surface area contributed by atoms with E-state index in [0.29, 0.717) is 0 Å². The van der Waals surface area contributed by atoms with Crippen LogP contribution < -0.4 is 0 Å². The van der Waals surface area contributed by atoms with Crippen molar-refractivity contribution in [3.05, 3.63) is 46.0 Å². The van der Waals surface area contributed by atoms with E-state index in [-0.39, 0.29) is 18.3 Å². The van der Waals surface area contributed by atoms with Gasteiger partial charge in [-0.25, -0.2) is 0 Å². The van der Waals surface area contributed by atoms with Gasteiger partial charge in [0.05, 0.1) is 4.92 Å². The third-order valence-electron chi connectivity index (χ3n) is 1.80. The Morgan fingerprint density at radius 2 is 2.06 bits per heavy atom. The quantitative estimate of drug-likeness (QED) is 0.444. The first-order valence-electron chi connectivity index (χ1n) is 4.64. The molecule has 0 radical (unpaired) electrons. The number of non-ortho nitro benzene ring substituents is 1. The second kappa shape index (κ2) is 5.65. The van der Waals surface area contributed by atoms with E-state index < -0.39 is 4.92 Å². The zero-order valence-corrected chi connectivity index (χ0v) is 8.75. The smallest absolute Gasteiger partial charge is 0.302 e. The number of esters is 1. The summed E-state index contributed by atoms with van der Waals surface area (Å²) in [6, 6.07) is 6.10. The molecule has 0 unspecified atom stereocenters. The summed E-state index contributed by atoms with van der Waals surface area (Å²) in [6.07, 6.45) is 3.40. The molecule has 84 valence electrons. The van der Waals surface area contributed by atoms with Crippen LogP contribution in [0.2, 0.25) is 0 Å². The van der Waals surface area contributed by atoms with Gasteiger partial charge in [-0.2, -0.15) is 0 Å². The topological polar surface area (TPSA) is 69.4 Å². The third-order valence-corrected chi connectivity index (χ3v) is 1.80. The van der Waals surface area contributed by atoms with Crippen LogP contribution >= 0.6 is 0 Å². The average molecular weight is 221 g/mol. The number of nitro groups is 1. The van der Waals surface area contributed by atoms with Crippen LogP contribution in [0.1, 0.15) is 12.5 Å². The van der Waals surface area contributed by atoms with E-state index in [4.69, 9.17) is 4.74 Å². The van der Waals surface area contributed by atoms with Gasteiger partial charge in [0, 0.05) is 19.1 Å². The van der Waals surface area contributed by atoms with Crippen LogP contribution in [0.4, 0.5) is 5.69 Å². The molecule has 0 aromatic heterocycles. The van der Waals surface area contributed by atoms with Gasteiger partial charge in [0.25, 0.3) is 5.69 Å². The molecule has 1 aromatic rings. The fraction of sp³-hybridized carbons (Fsp3) is 0.182. The number of hydrogen-bond acceptors (Lipinski definition) is 4. The molecule has 1 aromatic carbocycles. The largest absolute Gasteiger partial charge is 0.462 e. The number of hydrogen-bond donors (Lipinski definition) is 0. The minimum Gasteiger partial charge on any atom is -0.462 e. The van der Waals surface area contributed by atoms with Crippen molar-refractivity contribution < 1.29 is 14.5 Å². The lowest BCUT2D eigenvalue weighted by molar-refractivity contribution is -0.384. The Hall–Kier alpha value is -2.17. The molecular weight excluding hydrogens is 210 g/mol. The summed E-state index contributed by atoms with van der Waals surface area (Å²) in [5.74, 6) is -0.339. The van der Waals surface area contributed by atoms with Crippen LogP contribution in [0.25, 0.3) is 6.08 Å². The summed E-state index contributed by atoms with van der Waals surface area (Å²) < 4.78 is 4.69. The van der Waals surface area contributed by atoms with Gasteiger partial charge in [-0.15, -0.1) is 0 Å². The van der Waals surface area contributed by atoms with Gasteiger partial charge in [-0.3, -0.25) is 14.9 Å². The zero-order chi connectivity index (χ0) is 12.0. The highest BCUT2D eigenvalue weighted by atomic mass is 16.6. The van der Waals surface area contributed by atoms with Crippen LogP contribution in [-0.4, -0.2) is 17.5 Å². The van der Waals surface area contributed by atoms with E-state index in [0.717, 1.165) is 5.56 Å². The molecular formula is C11H11NO4. The van der Waals surface area contributed by atoms with Crippen molar-refractivity contribution in [3.8, 4) is 0 Å². The van der Waals surface area contributed by atoms with Crippen molar-refractivity contribution in [2.45, 2.75) is 6.92 Å². The summed E-state index contributed by atoms with van der Waals surface area (Å²) in [7, 11) is 0. The number of ether oxygens (including phenoxy) is 1. The molecule has 5 heteroatoms. The van der Waals surface area contributed by atoms with E-state index in [1.165, 1.54) is 19.1 Å². The average Bonchev–Trinajstić information content (AvgIpc) is 2.25. The van der Waals surface area contributed by atoms with Crippen LogP contribution in [0.15, 0.2) is 30.3 Å². The molecule has 0 aliphatic rings. The van der Waals surface area contributed by atoms with Gasteiger partial charge in [-0.05, 0) is 23.8 Å². The van der Waals surface area contributed by atoms with Crippen molar-refractivity contribution in [2.75, 3.05) is 6.61 Å². The highest BCUT2D eigenvalue weighted by molar-refractivity contribution is 5.66. The first-order valence-corrected chi connectivity index (χ1v) is 4.64. The van der Waals surface area contributed by atoms with Gasteiger partial charge in [0.1, 0.15) is 6.61 Å². The van der Waals surface area contributed by atoms with Crippen molar-refractivity contribution in [2.24, 2.45) is 0 Å². The van der Waals surface area contributed by atoms with E-state index in [1.807, 2.05) is 0 Å². The Morgan fingerprint density at radius 3 is 2.56 bits per heavy atom. The van der Waals surface area contributed by atoms with E-state index >= 15 is 0 Å². The molecule has 16 heavy (non-hydrogen) atoms. The molecule has 0 heterocycles. The normalized spacial score (nSPS) is 10.3. The highest BCUT2D eigenvalue weighted by Gasteiger charge is 2.01. The summed E-state index contributed by atoms with van der Waals surface area (Å²) in [5.41, 5.74) is 0.870. The van der Waals surface area contributed by atoms with Crippen LogP contribution in [-0.2, 0) is 9.53 Å². The first kappa shape index (κ1) is 11.9. The Balaban J connectivity index is 2.55. The maximum atomic E-state index is 10.4. The Kier molecular flexibility index (Phi) is 4.20. The number of nitro benzene ring substituents is 1. The van der Waals surface area contributed by atoms with Gasteiger partial charge < -0.3 is 4.74 Å². The Bertz CT molecular complexity index is 408. The van der Waals surface area contributed by atoms with Crippen LogP contribution in [0.3, 0.4) is 0 Å². The Labute approximate surface area is 92.5 Å². The lowest BCUT2D eigenvalue weighted by Crippen LogP contribution is -1.97. The fourth-order valence-corrected chi connectivity index (χ4v) is 1.06. The van der Waals surface area contributed by atoms with Crippen molar-refractivity contribution in [1.82, 2.24) is 0 Å². The fourth-order valence-electron chi connectivity index (χ4n) is 1.06. The minimum atomic E-state index is -0.452. The first-order chi connectivity index (χ1) is 7.59. The zero-order valence-electron chi connectivity index (χ0n) is 8.75. The highest BCUT2D eigenvalue weighted by Crippen LogP contribution is 2.12. The van der Waals surface area contributed by atoms with Gasteiger partial charge in [0.2, 0.25) is 0 Å². The number of benzene rings is 1. The lowest BCUT2D eigenvalue weighted by atomic mass is 10.2. The molecule has 0 N–H and O–H groups in total. The van der Waals surface area contributed by atoms with Crippen molar-refractivity contribution in [3.63, 3.8) is 0 Å². The molecule has 0 spiro atoms. The molecule has 0 saturated carbocycles. The SMILES string of the molecule is CC(=O)OCC=Cc1ccc([N+](=O)[O-])cc1. The summed E-state index contributed by atoms with van der Waals surface area (Å²) in [5, 5.41) is 10.4. The maximum Gasteiger partial charge on any atom is 0.302 e. The van der Waals surface area contributed by atoms with Crippen LogP contribution in [0.5, 0.6) is 0 Å². The number of carbonyl (C=O) groups is 1. The summed E-state index contributed by atoms with van der Waals surface area (Å²) in [4.78, 5) is 20.4. The number of carbonyl (C=O) groups excluding carboxylic acids is 1. The van der Waals surface area contributed by atoms with Crippen molar-refractivity contribution in [1.29, 1.82) is 0 Å². The summed E-state index contributed by atoms with van der Waals surface area (Å²) >= 11 is 0. The molecule has 0 aliphatic carbocycles. The molecule has 5 nitrogen and oxygen atoms in total. The second-order valence-electron chi connectivity index (χ2n) is 3.05. The standard InChI is InChI=1S/C11H11NO4/c1-9(13)16-8-2-3-10-4-6-11(7-5-10)12(14)15/h2-7H,8H2,1H3. The Morgan fingerprint density at radius 1 is 1.44 bits per heavy atom. The maximum absolute atomic E-state index is 10.4. The molecule has 0 fully saturated rings. The molecule has 0 saturated heterocycles. The summed E-state index contributed by atoms with van der Waals surface area (Å²) in [6.45, 7) is 1.53. The molecule has 0 atom stereocenters.